The van der Waals surface area contributed by atoms with Crippen LogP contribution in [0.1, 0.15) is 42.0 Å². The zero-order chi connectivity index (χ0) is 22.5. The number of hydrogen-bond donors (Lipinski definition) is 0. The second kappa shape index (κ2) is 9.81. The zero-order valence-corrected chi connectivity index (χ0v) is 19.3. The van der Waals surface area contributed by atoms with E-state index in [-0.39, 0.29) is 17.9 Å². The number of carbonyl (C=O) groups is 1. The van der Waals surface area contributed by atoms with Crippen LogP contribution in [0.2, 0.25) is 0 Å². The van der Waals surface area contributed by atoms with Gasteiger partial charge in [-0.25, -0.2) is 4.68 Å². The third-order valence-corrected chi connectivity index (χ3v) is 5.77. The molecule has 0 N–H and O–H groups in total. The van der Waals surface area contributed by atoms with Crippen LogP contribution in [-0.2, 0) is 6.42 Å². The number of nitrogens with zero attached hydrogens (tertiary/aromatic N) is 4. The smallest absolute Gasteiger partial charge is 0.258 e. The molecule has 1 aliphatic heterocycles. The van der Waals surface area contributed by atoms with Gasteiger partial charge in [-0.05, 0) is 20.3 Å². The molecule has 0 spiro atoms. The average molecular weight is 425 g/mol. The first-order valence-electron chi connectivity index (χ1n) is 10.7. The minimum absolute atomic E-state index is 0.000352. The molecule has 7 heteroatoms. The van der Waals surface area contributed by atoms with Gasteiger partial charge in [-0.1, -0.05) is 19.1 Å². The Balaban J connectivity index is 1.90. The lowest BCUT2D eigenvalue weighted by Gasteiger charge is -2.30. The van der Waals surface area contributed by atoms with Crippen molar-refractivity contribution in [3.8, 4) is 17.2 Å². The number of amides is 1. The molecule has 0 fully saturated rings. The van der Waals surface area contributed by atoms with E-state index in [1.54, 1.807) is 21.3 Å². The highest BCUT2D eigenvalue weighted by Gasteiger charge is 2.32. The molecule has 1 aromatic heterocycles. The Hall–Kier alpha value is -3.09. The fourth-order valence-electron chi connectivity index (χ4n) is 3.93. The highest BCUT2D eigenvalue weighted by molar-refractivity contribution is 5.98. The molecule has 0 bridgehead atoms. The van der Waals surface area contributed by atoms with Crippen LogP contribution in [0.5, 0.6) is 11.5 Å². The predicted octanol–water partition coefficient (Wildman–Crippen LogP) is 3.87. The number of fused-ring (bicyclic) bond motifs is 1. The summed E-state index contributed by atoms with van der Waals surface area (Å²) in [5, 5.41) is 4.75. The van der Waals surface area contributed by atoms with Gasteiger partial charge in [0.15, 0.2) is 0 Å². The summed E-state index contributed by atoms with van der Waals surface area (Å²) >= 11 is 0. The lowest BCUT2D eigenvalue weighted by atomic mass is 10.0. The van der Waals surface area contributed by atoms with Crippen molar-refractivity contribution >= 4 is 12.1 Å². The summed E-state index contributed by atoms with van der Waals surface area (Å²) in [6.45, 7) is 6.77. The van der Waals surface area contributed by atoms with Crippen LogP contribution < -0.4 is 9.47 Å². The van der Waals surface area contributed by atoms with Crippen molar-refractivity contribution in [3.05, 3.63) is 47.3 Å². The molecular formula is C24H32N4O3. The Morgan fingerprint density at radius 2 is 1.87 bits per heavy atom. The number of carbonyl (C=O) groups excluding carboxylic acids is 1. The normalized spacial score (nSPS) is 16.1. The van der Waals surface area contributed by atoms with E-state index < -0.39 is 0 Å². The molecule has 2 heterocycles. The minimum Gasteiger partial charge on any atom is -0.497 e. The monoisotopic (exact) mass is 424 g/mol. The average Bonchev–Trinajstić information content (AvgIpc) is 3.13. The van der Waals surface area contributed by atoms with E-state index in [1.807, 2.05) is 40.9 Å². The van der Waals surface area contributed by atoms with Gasteiger partial charge in [0.2, 0.25) is 0 Å². The fourth-order valence-corrected chi connectivity index (χ4v) is 3.93. The number of aliphatic imine (C=N–C) groups is 1. The van der Waals surface area contributed by atoms with Gasteiger partial charge in [0.1, 0.15) is 11.5 Å². The Labute approximate surface area is 184 Å². The number of aromatic nitrogens is 2. The van der Waals surface area contributed by atoms with Gasteiger partial charge in [0.25, 0.3) is 5.91 Å². The third-order valence-electron chi connectivity index (χ3n) is 5.77. The summed E-state index contributed by atoms with van der Waals surface area (Å²) in [6, 6.07) is 5.60. The van der Waals surface area contributed by atoms with Crippen LogP contribution in [0.3, 0.4) is 0 Å². The Bertz CT molecular complexity index is 971. The van der Waals surface area contributed by atoms with E-state index in [4.69, 9.17) is 14.6 Å². The molecule has 166 valence electrons. The number of hydrogen-bond acceptors (Lipinski definition) is 5. The first-order valence-corrected chi connectivity index (χ1v) is 10.7. The molecule has 1 aliphatic rings. The molecule has 3 rings (SSSR count). The topological polar surface area (TPSA) is 69.0 Å². The van der Waals surface area contributed by atoms with Crippen LogP contribution in [0, 0.1) is 12.8 Å². The largest absolute Gasteiger partial charge is 0.497 e. The minimum atomic E-state index is -0.000352. The highest BCUT2D eigenvalue weighted by atomic mass is 16.5. The first kappa shape index (κ1) is 22.6. The maximum absolute atomic E-state index is 13.4. The summed E-state index contributed by atoms with van der Waals surface area (Å²) in [4.78, 5) is 19.4. The molecule has 0 radical (unpaired) electrons. The quantitative estimate of drug-likeness (QED) is 0.477. The van der Waals surface area contributed by atoms with E-state index in [1.165, 1.54) is 0 Å². The molecule has 1 amide bonds. The van der Waals surface area contributed by atoms with Crippen molar-refractivity contribution in [2.45, 2.75) is 39.7 Å². The fraction of sp³-hybridized carbons (Fsp3) is 0.458. The van der Waals surface area contributed by atoms with Crippen molar-refractivity contribution in [2.75, 3.05) is 27.8 Å². The summed E-state index contributed by atoms with van der Waals surface area (Å²) in [7, 11) is 5.02. The Morgan fingerprint density at radius 3 is 2.45 bits per heavy atom. The van der Waals surface area contributed by atoms with Gasteiger partial charge in [-0.15, -0.1) is 0 Å². The second-order valence-corrected chi connectivity index (χ2v) is 7.74. The summed E-state index contributed by atoms with van der Waals surface area (Å²) in [5.41, 5.74) is 3.15. The molecular weight excluding hydrogens is 392 g/mol. The number of methoxy groups -OCH3 is 2. The van der Waals surface area contributed by atoms with Gasteiger partial charge in [0, 0.05) is 56.4 Å². The van der Waals surface area contributed by atoms with E-state index in [0.29, 0.717) is 23.6 Å². The molecule has 2 unspecified atom stereocenters. The lowest BCUT2D eigenvalue weighted by Crippen LogP contribution is -2.42. The maximum Gasteiger partial charge on any atom is 0.258 e. The molecule has 0 aliphatic carbocycles. The summed E-state index contributed by atoms with van der Waals surface area (Å²) < 4.78 is 12.6. The molecule has 0 saturated heterocycles. The van der Waals surface area contributed by atoms with E-state index in [9.17, 15) is 4.79 Å². The SMILES string of the molecule is CCC(/C=C\C(C)N1CCc2nn(-c3cc(OC)cc(OC)c3)c(C)c2C1=O)/C=N\C. The van der Waals surface area contributed by atoms with Gasteiger partial charge in [-0.2, -0.15) is 5.10 Å². The molecule has 1 aromatic carbocycles. The predicted molar refractivity (Wildman–Crippen MR) is 123 cm³/mol. The van der Waals surface area contributed by atoms with Gasteiger partial charge >= 0.3 is 0 Å². The van der Waals surface area contributed by atoms with Crippen LogP contribution in [-0.4, -0.2) is 60.7 Å². The van der Waals surface area contributed by atoms with Crippen molar-refractivity contribution < 1.29 is 14.3 Å². The summed E-state index contributed by atoms with van der Waals surface area (Å²) in [6.07, 6.45) is 7.89. The van der Waals surface area contributed by atoms with Crippen LogP contribution in [0.25, 0.3) is 5.69 Å². The standard InChI is InChI=1S/C24H32N4O3/c1-7-18(15-25-4)9-8-16(2)27-11-10-22-23(24(27)29)17(3)28(26-22)19-12-20(30-5)14-21(13-19)31-6/h8-9,12-16,18H,7,10-11H2,1-6H3/b9-8-,25-15-. The van der Waals surface area contributed by atoms with Crippen molar-refractivity contribution in [2.24, 2.45) is 10.9 Å². The zero-order valence-electron chi connectivity index (χ0n) is 19.3. The third kappa shape index (κ3) is 4.65. The molecule has 2 aromatic rings. The molecule has 7 nitrogen and oxygen atoms in total. The number of rotatable bonds is 8. The van der Waals surface area contributed by atoms with Crippen LogP contribution in [0.15, 0.2) is 35.3 Å². The van der Waals surface area contributed by atoms with Gasteiger partial charge < -0.3 is 19.4 Å². The first-order chi connectivity index (χ1) is 14.9. The van der Waals surface area contributed by atoms with Gasteiger partial charge in [0.05, 0.1) is 36.9 Å². The molecule has 0 saturated carbocycles. The number of ether oxygens (including phenoxy) is 2. The number of benzene rings is 1. The summed E-state index contributed by atoms with van der Waals surface area (Å²) in [5.74, 6) is 1.66. The number of allylic oxidation sites excluding steroid dienone is 1. The highest BCUT2D eigenvalue weighted by Crippen LogP contribution is 2.29. The Morgan fingerprint density at radius 1 is 1.19 bits per heavy atom. The Kier molecular flexibility index (Phi) is 7.15. The van der Waals surface area contributed by atoms with Crippen molar-refractivity contribution in [1.82, 2.24) is 14.7 Å². The molecule has 2 atom stereocenters. The van der Waals surface area contributed by atoms with E-state index in [0.717, 1.165) is 29.9 Å². The molecule has 31 heavy (non-hydrogen) atoms. The van der Waals surface area contributed by atoms with Crippen LogP contribution >= 0.6 is 0 Å². The van der Waals surface area contributed by atoms with Crippen molar-refractivity contribution in [3.63, 3.8) is 0 Å². The van der Waals surface area contributed by atoms with Gasteiger partial charge in [-0.3, -0.25) is 4.79 Å². The second-order valence-electron chi connectivity index (χ2n) is 7.74. The van der Waals surface area contributed by atoms with E-state index >= 15 is 0 Å². The van der Waals surface area contributed by atoms with Crippen LogP contribution in [0.4, 0.5) is 0 Å². The van der Waals surface area contributed by atoms with Crippen molar-refractivity contribution in [1.29, 1.82) is 0 Å². The lowest BCUT2D eigenvalue weighted by molar-refractivity contribution is 0.0706. The van der Waals surface area contributed by atoms with E-state index in [2.05, 4.69) is 31.0 Å². The maximum atomic E-state index is 13.4.